The molecule has 0 aliphatic rings. The molecule has 0 aliphatic carbocycles. The van der Waals surface area contributed by atoms with Gasteiger partial charge in [-0.1, -0.05) is 122 Å². The minimum atomic E-state index is -0.0101. The lowest BCUT2D eigenvalue weighted by Crippen LogP contribution is -2.19. The molecule has 0 unspecified atom stereocenters. The Kier molecular flexibility index (Phi) is 29.3. The van der Waals surface area contributed by atoms with E-state index >= 15 is 0 Å². The molecule has 0 saturated carbocycles. The van der Waals surface area contributed by atoms with Gasteiger partial charge in [-0.2, -0.15) is 0 Å². The van der Waals surface area contributed by atoms with Crippen molar-refractivity contribution in [3.63, 3.8) is 0 Å². The summed E-state index contributed by atoms with van der Waals surface area (Å²) >= 11 is 0. The van der Waals surface area contributed by atoms with Crippen molar-refractivity contribution in [3.8, 4) is 0 Å². The largest absolute Gasteiger partial charge is 0.396 e. The van der Waals surface area contributed by atoms with Crippen LogP contribution in [0.25, 0.3) is 0 Å². The van der Waals surface area contributed by atoms with Crippen molar-refractivity contribution in [1.29, 1.82) is 0 Å². The van der Waals surface area contributed by atoms with Crippen molar-refractivity contribution in [2.75, 3.05) is 19.8 Å². The van der Waals surface area contributed by atoms with Crippen LogP contribution in [-0.2, 0) is 9.47 Å². The highest BCUT2D eigenvalue weighted by atomic mass is 16.7. The Morgan fingerprint density at radius 2 is 0.939 bits per heavy atom. The number of rotatable bonds is 28. The van der Waals surface area contributed by atoms with E-state index in [1.807, 2.05) is 0 Å². The zero-order valence-corrected chi connectivity index (χ0v) is 22.7. The Balaban J connectivity index is 3.88. The standard InChI is InChI=1S/C30H60O3/c1-3-5-7-9-11-16-20-24-28-32-30(26-22-18-14-13-15-19-23-27-31)33-29-25-21-17-12-10-8-6-4-2/h15,19,30-31H,3-14,16-18,20-29H2,1-2H3/b19-15-. The van der Waals surface area contributed by atoms with E-state index in [1.165, 1.54) is 122 Å². The molecule has 0 aliphatic heterocycles. The lowest BCUT2D eigenvalue weighted by molar-refractivity contribution is -0.148. The van der Waals surface area contributed by atoms with Crippen LogP contribution in [0.5, 0.6) is 0 Å². The van der Waals surface area contributed by atoms with Crippen molar-refractivity contribution in [2.45, 2.75) is 161 Å². The van der Waals surface area contributed by atoms with Gasteiger partial charge >= 0.3 is 0 Å². The van der Waals surface area contributed by atoms with Gasteiger partial charge in [0.2, 0.25) is 0 Å². The number of aliphatic hydroxyl groups is 1. The summed E-state index contributed by atoms with van der Waals surface area (Å²) in [7, 11) is 0. The molecule has 0 aromatic carbocycles. The minimum Gasteiger partial charge on any atom is -0.396 e. The van der Waals surface area contributed by atoms with E-state index in [-0.39, 0.29) is 12.9 Å². The van der Waals surface area contributed by atoms with Gasteiger partial charge in [-0.15, -0.1) is 0 Å². The van der Waals surface area contributed by atoms with E-state index in [1.54, 1.807) is 0 Å². The smallest absolute Gasteiger partial charge is 0.157 e. The molecule has 0 atom stereocenters. The maximum Gasteiger partial charge on any atom is 0.157 e. The van der Waals surface area contributed by atoms with Gasteiger partial charge in [0.05, 0.1) is 0 Å². The first-order valence-electron chi connectivity index (χ1n) is 14.8. The number of unbranched alkanes of at least 4 members (excludes halogenated alkanes) is 17. The fourth-order valence-electron chi connectivity index (χ4n) is 4.18. The number of allylic oxidation sites excluding steroid dienone is 1. The van der Waals surface area contributed by atoms with Crippen LogP contribution in [0.15, 0.2) is 12.2 Å². The molecule has 0 saturated heterocycles. The van der Waals surface area contributed by atoms with E-state index < -0.39 is 0 Å². The van der Waals surface area contributed by atoms with Gasteiger partial charge in [0.25, 0.3) is 0 Å². The third-order valence-electron chi connectivity index (χ3n) is 6.38. The first-order chi connectivity index (χ1) is 16.3. The molecular weight excluding hydrogens is 408 g/mol. The number of ether oxygens (including phenoxy) is 2. The normalized spacial score (nSPS) is 11.9. The van der Waals surface area contributed by atoms with Gasteiger partial charge in [-0.25, -0.2) is 0 Å². The SMILES string of the molecule is CCCCCCCCCCOC(CCCCC/C=C\CCO)OCCCCCCCCCC. The van der Waals surface area contributed by atoms with Crippen LogP contribution in [0.3, 0.4) is 0 Å². The van der Waals surface area contributed by atoms with Crippen molar-refractivity contribution < 1.29 is 14.6 Å². The van der Waals surface area contributed by atoms with Gasteiger partial charge in [0.15, 0.2) is 6.29 Å². The summed E-state index contributed by atoms with van der Waals surface area (Å²) < 4.78 is 12.3. The summed E-state index contributed by atoms with van der Waals surface area (Å²) in [6.07, 6.45) is 32.2. The van der Waals surface area contributed by atoms with E-state index in [0.29, 0.717) is 0 Å². The highest BCUT2D eigenvalue weighted by Crippen LogP contribution is 2.14. The fraction of sp³-hybridized carbons (Fsp3) is 0.933. The van der Waals surface area contributed by atoms with Crippen molar-refractivity contribution in [1.82, 2.24) is 0 Å². The Bertz CT molecular complexity index is 348. The molecule has 198 valence electrons. The monoisotopic (exact) mass is 468 g/mol. The molecule has 0 heterocycles. The molecule has 3 heteroatoms. The van der Waals surface area contributed by atoms with E-state index in [2.05, 4.69) is 26.0 Å². The molecule has 0 radical (unpaired) electrons. The minimum absolute atomic E-state index is 0.0101. The molecule has 0 bridgehead atoms. The van der Waals surface area contributed by atoms with Gasteiger partial charge in [0, 0.05) is 19.8 Å². The zero-order valence-electron chi connectivity index (χ0n) is 22.7. The summed E-state index contributed by atoms with van der Waals surface area (Å²) in [6.45, 7) is 6.51. The van der Waals surface area contributed by atoms with Gasteiger partial charge < -0.3 is 14.6 Å². The van der Waals surface area contributed by atoms with Crippen LogP contribution in [-0.4, -0.2) is 31.2 Å². The summed E-state index contributed by atoms with van der Waals surface area (Å²) in [5, 5.41) is 8.81. The van der Waals surface area contributed by atoms with E-state index in [4.69, 9.17) is 14.6 Å². The first kappa shape index (κ1) is 32.6. The number of hydrogen-bond donors (Lipinski definition) is 1. The van der Waals surface area contributed by atoms with E-state index in [0.717, 1.165) is 32.5 Å². The zero-order chi connectivity index (χ0) is 24.1. The van der Waals surface area contributed by atoms with Crippen LogP contribution in [0, 0.1) is 0 Å². The molecule has 1 N–H and O–H groups in total. The fourth-order valence-corrected chi connectivity index (χ4v) is 4.18. The Labute approximate surface area is 208 Å². The van der Waals surface area contributed by atoms with Crippen LogP contribution in [0.1, 0.15) is 155 Å². The summed E-state index contributed by atoms with van der Waals surface area (Å²) in [5.41, 5.74) is 0. The van der Waals surface area contributed by atoms with Gasteiger partial charge in [-0.3, -0.25) is 0 Å². The highest BCUT2D eigenvalue weighted by molar-refractivity contribution is 4.80. The predicted molar refractivity (Wildman–Crippen MR) is 145 cm³/mol. The third-order valence-corrected chi connectivity index (χ3v) is 6.38. The topological polar surface area (TPSA) is 38.7 Å². The van der Waals surface area contributed by atoms with Crippen LogP contribution >= 0.6 is 0 Å². The maximum absolute atomic E-state index is 8.81. The van der Waals surface area contributed by atoms with E-state index in [9.17, 15) is 0 Å². The average Bonchev–Trinajstić information content (AvgIpc) is 2.83. The Morgan fingerprint density at radius 3 is 1.42 bits per heavy atom. The molecule has 3 nitrogen and oxygen atoms in total. The van der Waals surface area contributed by atoms with Crippen molar-refractivity contribution in [3.05, 3.63) is 12.2 Å². The lowest BCUT2D eigenvalue weighted by atomic mass is 10.1. The third kappa shape index (κ3) is 27.7. The highest BCUT2D eigenvalue weighted by Gasteiger charge is 2.09. The molecule has 0 aromatic heterocycles. The van der Waals surface area contributed by atoms with Gasteiger partial charge in [0.1, 0.15) is 0 Å². The Hall–Kier alpha value is -0.380. The van der Waals surface area contributed by atoms with Crippen LogP contribution in [0.4, 0.5) is 0 Å². The summed E-state index contributed by atoms with van der Waals surface area (Å²) in [4.78, 5) is 0. The molecule has 0 fully saturated rings. The van der Waals surface area contributed by atoms with Gasteiger partial charge in [-0.05, 0) is 44.9 Å². The molecular formula is C30H60O3. The second-order valence-corrected chi connectivity index (χ2v) is 9.74. The lowest BCUT2D eigenvalue weighted by Gasteiger charge is -2.19. The molecule has 0 amide bonds. The Morgan fingerprint density at radius 1 is 0.515 bits per heavy atom. The predicted octanol–water partition coefficient (Wildman–Crippen LogP) is 9.52. The second-order valence-electron chi connectivity index (χ2n) is 9.74. The first-order valence-corrected chi connectivity index (χ1v) is 14.8. The van der Waals surface area contributed by atoms with Crippen molar-refractivity contribution >= 4 is 0 Å². The average molecular weight is 469 g/mol. The summed E-state index contributed by atoms with van der Waals surface area (Å²) in [5.74, 6) is 0. The molecule has 0 aromatic rings. The molecule has 0 spiro atoms. The molecule has 0 rings (SSSR count). The number of aliphatic hydroxyl groups excluding tert-OH is 1. The second kappa shape index (κ2) is 29.7. The summed E-state index contributed by atoms with van der Waals surface area (Å²) in [6, 6.07) is 0. The molecule has 33 heavy (non-hydrogen) atoms. The van der Waals surface area contributed by atoms with Crippen LogP contribution in [0.2, 0.25) is 0 Å². The quantitative estimate of drug-likeness (QED) is 0.0705. The van der Waals surface area contributed by atoms with Crippen LogP contribution < -0.4 is 0 Å². The van der Waals surface area contributed by atoms with Crippen molar-refractivity contribution in [2.24, 2.45) is 0 Å². The number of hydrogen-bond acceptors (Lipinski definition) is 3. The maximum atomic E-state index is 8.81.